The number of carbonyl (C=O) groups is 2. The van der Waals surface area contributed by atoms with Gasteiger partial charge in [-0.3, -0.25) is 9.59 Å². The number of fused-ring (bicyclic) bond motifs is 1. The summed E-state index contributed by atoms with van der Waals surface area (Å²) in [6.45, 7) is 1.68. The summed E-state index contributed by atoms with van der Waals surface area (Å²) < 4.78 is 5.60. The van der Waals surface area contributed by atoms with Crippen LogP contribution in [0, 0.1) is 0 Å². The Labute approximate surface area is 127 Å². The molecular weight excluding hydrogens is 292 g/mol. The predicted molar refractivity (Wildman–Crippen MR) is 79.1 cm³/mol. The third-order valence-corrected chi connectivity index (χ3v) is 3.79. The first-order valence-corrected chi connectivity index (χ1v) is 7.20. The van der Waals surface area contributed by atoms with Gasteiger partial charge >= 0.3 is 0 Å². The fourth-order valence-corrected chi connectivity index (χ4v) is 2.63. The lowest BCUT2D eigenvalue weighted by Crippen LogP contribution is -2.36. The zero-order valence-corrected chi connectivity index (χ0v) is 12.2. The highest BCUT2D eigenvalue weighted by molar-refractivity contribution is 6.30. The van der Waals surface area contributed by atoms with Gasteiger partial charge in [0.25, 0.3) is 5.91 Å². The average Bonchev–Trinajstić information content (AvgIpc) is 2.70. The van der Waals surface area contributed by atoms with Crippen molar-refractivity contribution in [1.82, 2.24) is 10.2 Å². The van der Waals surface area contributed by atoms with E-state index in [0.717, 1.165) is 11.3 Å². The van der Waals surface area contributed by atoms with E-state index in [9.17, 15) is 9.59 Å². The van der Waals surface area contributed by atoms with Crippen LogP contribution < -0.4 is 10.1 Å². The molecule has 21 heavy (non-hydrogen) atoms. The van der Waals surface area contributed by atoms with E-state index in [0.29, 0.717) is 36.7 Å². The Kier molecular flexibility index (Phi) is 3.84. The van der Waals surface area contributed by atoms with E-state index in [2.05, 4.69) is 5.32 Å². The molecule has 0 unspecified atom stereocenters. The van der Waals surface area contributed by atoms with Crippen LogP contribution in [-0.4, -0.2) is 43.0 Å². The molecule has 0 radical (unpaired) electrons. The van der Waals surface area contributed by atoms with Crippen molar-refractivity contribution in [2.75, 3.05) is 26.2 Å². The van der Waals surface area contributed by atoms with E-state index < -0.39 is 0 Å². The minimum Gasteiger partial charge on any atom is -0.488 e. The summed E-state index contributed by atoms with van der Waals surface area (Å²) in [6.07, 6.45) is 2.15. The Morgan fingerprint density at radius 2 is 2.19 bits per heavy atom. The highest BCUT2D eigenvalue weighted by atomic mass is 35.5. The number of hydrogen-bond acceptors (Lipinski definition) is 3. The maximum atomic E-state index is 12.5. The topological polar surface area (TPSA) is 58.6 Å². The van der Waals surface area contributed by atoms with Crippen molar-refractivity contribution in [3.8, 4) is 5.75 Å². The fourth-order valence-electron chi connectivity index (χ4n) is 2.45. The number of carbonyl (C=O) groups excluding carboxylic acids is 2. The largest absolute Gasteiger partial charge is 0.488 e. The number of halogens is 1. The van der Waals surface area contributed by atoms with Crippen molar-refractivity contribution in [2.24, 2.45) is 0 Å². The first-order valence-electron chi connectivity index (χ1n) is 6.82. The molecular formula is C15H15ClN2O3. The molecule has 3 rings (SSSR count). The molecule has 1 aromatic carbocycles. The third-order valence-electron chi connectivity index (χ3n) is 3.56. The van der Waals surface area contributed by atoms with Gasteiger partial charge in [0.2, 0.25) is 5.91 Å². The lowest BCUT2D eigenvalue weighted by atomic mass is 10.1. The molecule has 1 aromatic rings. The van der Waals surface area contributed by atoms with Crippen LogP contribution in [-0.2, 0) is 9.59 Å². The smallest absolute Gasteiger partial charge is 0.253 e. The highest BCUT2D eigenvalue weighted by Gasteiger charge is 2.24. The number of amides is 2. The van der Waals surface area contributed by atoms with Crippen LogP contribution in [0.5, 0.6) is 5.75 Å². The Morgan fingerprint density at radius 3 is 3.05 bits per heavy atom. The molecule has 2 aliphatic heterocycles. The summed E-state index contributed by atoms with van der Waals surface area (Å²) in [5.74, 6) is 0.622. The zero-order valence-electron chi connectivity index (χ0n) is 11.4. The molecule has 0 spiro atoms. The summed E-state index contributed by atoms with van der Waals surface area (Å²) >= 11 is 5.96. The molecule has 2 aliphatic rings. The molecule has 6 heteroatoms. The lowest BCUT2D eigenvalue weighted by molar-refractivity contribution is -0.127. The van der Waals surface area contributed by atoms with Gasteiger partial charge in [0.1, 0.15) is 12.4 Å². The molecule has 0 aliphatic carbocycles. The minimum absolute atomic E-state index is 0.0173. The van der Waals surface area contributed by atoms with Gasteiger partial charge in [0, 0.05) is 36.6 Å². The van der Waals surface area contributed by atoms with E-state index in [4.69, 9.17) is 16.3 Å². The predicted octanol–water partition coefficient (Wildman–Crippen LogP) is 1.46. The molecule has 2 amide bonds. The first-order chi connectivity index (χ1) is 10.1. The van der Waals surface area contributed by atoms with Crippen LogP contribution >= 0.6 is 11.6 Å². The van der Waals surface area contributed by atoms with Crippen molar-refractivity contribution in [3.05, 3.63) is 34.4 Å². The standard InChI is InChI=1S/C15H15ClN2O3/c16-12-1-2-13-10(8-12)7-11(9-21-13)15(20)18-5-3-14(19)17-4-6-18/h1-2,7-8H,3-6,9H2,(H,17,19). The molecule has 0 saturated carbocycles. The SMILES string of the molecule is O=C1CCN(C(=O)C2=Cc3cc(Cl)ccc3OC2)CCN1. The van der Waals surface area contributed by atoms with Crippen LogP contribution in [0.15, 0.2) is 23.8 Å². The second kappa shape index (κ2) is 5.77. The van der Waals surface area contributed by atoms with Gasteiger partial charge in [-0.2, -0.15) is 0 Å². The lowest BCUT2D eigenvalue weighted by Gasteiger charge is -2.24. The molecule has 0 atom stereocenters. The van der Waals surface area contributed by atoms with Gasteiger partial charge in [0.15, 0.2) is 0 Å². The number of hydrogen-bond donors (Lipinski definition) is 1. The van der Waals surface area contributed by atoms with Gasteiger partial charge in [0.05, 0.1) is 5.57 Å². The Hall–Kier alpha value is -2.01. The van der Waals surface area contributed by atoms with E-state index in [1.807, 2.05) is 6.08 Å². The molecule has 0 bridgehead atoms. The van der Waals surface area contributed by atoms with Crippen molar-refractivity contribution < 1.29 is 14.3 Å². The van der Waals surface area contributed by atoms with Crippen LogP contribution in [0.25, 0.3) is 6.08 Å². The molecule has 1 fully saturated rings. The monoisotopic (exact) mass is 306 g/mol. The Morgan fingerprint density at radius 1 is 1.33 bits per heavy atom. The maximum Gasteiger partial charge on any atom is 0.253 e. The van der Waals surface area contributed by atoms with E-state index in [-0.39, 0.29) is 18.4 Å². The summed E-state index contributed by atoms with van der Waals surface area (Å²) in [5, 5.41) is 3.36. The van der Waals surface area contributed by atoms with E-state index in [1.165, 1.54) is 0 Å². The molecule has 5 nitrogen and oxygen atoms in total. The van der Waals surface area contributed by atoms with Crippen LogP contribution in [0.4, 0.5) is 0 Å². The van der Waals surface area contributed by atoms with Crippen molar-refractivity contribution in [1.29, 1.82) is 0 Å². The average molecular weight is 307 g/mol. The number of benzene rings is 1. The maximum absolute atomic E-state index is 12.5. The van der Waals surface area contributed by atoms with E-state index >= 15 is 0 Å². The normalized spacial score (nSPS) is 18.0. The number of rotatable bonds is 1. The quantitative estimate of drug-likeness (QED) is 0.854. The Bertz CT molecular complexity index is 627. The van der Waals surface area contributed by atoms with Gasteiger partial charge < -0.3 is 15.0 Å². The fraction of sp³-hybridized carbons (Fsp3) is 0.333. The minimum atomic E-state index is -0.0860. The molecule has 110 valence electrons. The van der Waals surface area contributed by atoms with Crippen LogP contribution in [0.2, 0.25) is 5.02 Å². The molecule has 0 aromatic heterocycles. The van der Waals surface area contributed by atoms with Gasteiger partial charge in [-0.15, -0.1) is 0 Å². The van der Waals surface area contributed by atoms with Crippen molar-refractivity contribution in [3.63, 3.8) is 0 Å². The number of nitrogens with one attached hydrogen (secondary N) is 1. The summed E-state index contributed by atoms with van der Waals surface area (Å²) in [5.41, 5.74) is 1.39. The van der Waals surface area contributed by atoms with Crippen LogP contribution in [0.3, 0.4) is 0 Å². The number of nitrogens with zero attached hydrogens (tertiary/aromatic N) is 1. The zero-order chi connectivity index (χ0) is 14.8. The highest BCUT2D eigenvalue weighted by Crippen LogP contribution is 2.29. The van der Waals surface area contributed by atoms with Gasteiger partial charge in [-0.05, 0) is 24.3 Å². The van der Waals surface area contributed by atoms with Gasteiger partial charge in [-0.25, -0.2) is 0 Å². The summed E-state index contributed by atoms with van der Waals surface area (Å²) in [6, 6.07) is 5.33. The second-order valence-electron chi connectivity index (χ2n) is 5.03. The van der Waals surface area contributed by atoms with Crippen molar-refractivity contribution in [2.45, 2.75) is 6.42 Å². The number of ether oxygens (including phenoxy) is 1. The summed E-state index contributed by atoms with van der Waals surface area (Å²) in [4.78, 5) is 25.5. The second-order valence-corrected chi connectivity index (χ2v) is 5.47. The van der Waals surface area contributed by atoms with Crippen molar-refractivity contribution >= 4 is 29.5 Å². The van der Waals surface area contributed by atoms with Crippen LogP contribution in [0.1, 0.15) is 12.0 Å². The Balaban J connectivity index is 1.80. The molecule has 1 saturated heterocycles. The third kappa shape index (κ3) is 3.03. The van der Waals surface area contributed by atoms with E-state index in [1.54, 1.807) is 23.1 Å². The summed E-state index contributed by atoms with van der Waals surface area (Å²) in [7, 11) is 0. The molecule has 1 N–H and O–H groups in total. The van der Waals surface area contributed by atoms with Gasteiger partial charge in [-0.1, -0.05) is 11.6 Å². The first kappa shape index (κ1) is 13.9. The molecule has 2 heterocycles.